The number of benzene rings is 4. The second kappa shape index (κ2) is 11.8. The molecule has 0 aromatic heterocycles. The van der Waals surface area contributed by atoms with Crippen molar-refractivity contribution in [1.82, 2.24) is 4.90 Å². The van der Waals surface area contributed by atoms with Crippen LogP contribution >= 0.6 is 12.4 Å². The second-order valence-corrected chi connectivity index (χ2v) is 11.0. The van der Waals surface area contributed by atoms with Gasteiger partial charge in [0, 0.05) is 6.54 Å². The Morgan fingerprint density at radius 2 is 1.38 bits per heavy atom. The summed E-state index contributed by atoms with van der Waals surface area (Å²) in [6.07, 6.45) is 7.50. The number of hydrogen-bond acceptors (Lipinski definition) is 2. The van der Waals surface area contributed by atoms with Crippen molar-refractivity contribution < 1.29 is 9.90 Å². The Hall–Kier alpha value is -3.40. The van der Waals surface area contributed by atoms with Gasteiger partial charge in [-0.05, 0) is 95.8 Å². The number of likely N-dealkylation sites (tertiary alicyclic amines) is 1. The third-order valence-electron chi connectivity index (χ3n) is 8.70. The van der Waals surface area contributed by atoms with Gasteiger partial charge in [0.1, 0.15) is 0 Å². The summed E-state index contributed by atoms with van der Waals surface area (Å²) in [7, 11) is 0. The van der Waals surface area contributed by atoms with Crippen LogP contribution in [0.4, 0.5) is 0 Å². The normalized spacial score (nSPS) is 16.5. The molecule has 1 aliphatic heterocycles. The summed E-state index contributed by atoms with van der Waals surface area (Å²) < 4.78 is 0. The van der Waals surface area contributed by atoms with Crippen LogP contribution in [0.5, 0.6) is 0 Å². The molecule has 6 rings (SSSR count). The van der Waals surface area contributed by atoms with Crippen LogP contribution in [-0.4, -0.2) is 35.6 Å². The average molecular weight is 538 g/mol. The van der Waals surface area contributed by atoms with Gasteiger partial charge in [0.25, 0.3) is 0 Å². The number of nitrogens with zero attached hydrogens (tertiary/aromatic N) is 1. The summed E-state index contributed by atoms with van der Waals surface area (Å²) >= 11 is 0. The Kier molecular flexibility index (Phi) is 8.20. The molecule has 1 N–H and O–H groups in total. The fraction of sp³-hybridized carbons (Fsp3) is 0.286. The lowest BCUT2D eigenvalue weighted by atomic mass is 9.73. The van der Waals surface area contributed by atoms with Crippen LogP contribution in [0.2, 0.25) is 0 Å². The van der Waals surface area contributed by atoms with Crippen molar-refractivity contribution in [3.8, 4) is 0 Å². The van der Waals surface area contributed by atoms with Gasteiger partial charge in [-0.15, -0.1) is 12.4 Å². The molecule has 0 radical (unpaired) electrons. The van der Waals surface area contributed by atoms with E-state index in [-0.39, 0.29) is 12.4 Å². The molecule has 1 aliphatic carbocycles. The second-order valence-electron chi connectivity index (χ2n) is 11.0. The molecular weight excluding hydrogens is 502 g/mol. The Morgan fingerprint density at radius 3 is 2.03 bits per heavy atom. The minimum Gasteiger partial charge on any atom is -0.481 e. The number of carboxylic acid groups (broad SMARTS) is 1. The minimum atomic E-state index is -0.684. The Bertz CT molecular complexity index is 1450. The summed E-state index contributed by atoms with van der Waals surface area (Å²) in [5.74, 6) is -0.654. The van der Waals surface area contributed by atoms with Crippen LogP contribution < -0.4 is 0 Å². The highest BCUT2D eigenvalue weighted by Gasteiger charge is 2.41. The van der Waals surface area contributed by atoms with Crippen molar-refractivity contribution in [3.63, 3.8) is 0 Å². The zero-order chi connectivity index (χ0) is 26.0. The van der Waals surface area contributed by atoms with E-state index in [4.69, 9.17) is 0 Å². The maximum absolute atomic E-state index is 12.5. The van der Waals surface area contributed by atoms with Gasteiger partial charge < -0.3 is 10.0 Å². The standard InChI is InChI=1S/C35H35NO2.ClH/c37-34(38)35(25-26-15-16-27-8-1-2-11-30(27)24-26)19-22-36(23-20-35)21-7-14-33-31-12-5-3-9-28(31)17-18-29-10-4-6-13-32(29)33;/h1-6,8-16,24H,7,17-23,25H2,(H,37,38);1H. The van der Waals surface area contributed by atoms with E-state index in [0.29, 0.717) is 19.3 Å². The molecule has 1 fully saturated rings. The van der Waals surface area contributed by atoms with Gasteiger partial charge in [0.2, 0.25) is 0 Å². The summed E-state index contributed by atoms with van der Waals surface area (Å²) in [5, 5.41) is 12.7. The first kappa shape index (κ1) is 27.2. The molecule has 200 valence electrons. The van der Waals surface area contributed by atoms with E-state index < -0.39 is 11.4 Å². The van der Waals surface area contributed by atoms with E-state index in [0.717, 1.165) is 44.5 Å². The minimum absolute atomic E-state index is 0. The molecule has 39 heavy (non-hydrogen) atoms. The third-order valence-corrected chi connectivity index (χ3v) is 8.70. The molecule has 1 heterocycles. The highest BCUT2D eigenvalue weighted by atomic mass is 35.5. The maximum atomic E-state index is 12.5. The Morgan fingerprint density at radius 1 is 0.795 bits per heavy atom. The molecule has 4 aromatic rings. The topological polar surface area (TPSA) is 40.5 Å². The van der Waals surface area contributed by atoms with Crippen LogP contribution in [-0.2, 0) is 24.1 Å². The molecule has 2 aliphatic rings. The number of halogens is 1. The highest BCUT2D eigenvalue weighted by molar-refractivity contribution is 5.85. The van der Waals surface area contributed by atoms with Crippen LogP contribution in [0, 0.1) is 5.41 Å². The summed E-state index contributed by atoms with van der Waals surface area (Å²) in [6, 6.07) is 32.3. The lowest BCUT2D eigenvalue weighted by Gasteiger charge is -2.39. The van der Waals surface area contributed by atoms with Crippen LogP contribution in [0.1, 0.15) is 47.1 Å². The lowest BCUT2D eigenvalue weighted by molar-refractivity contribution is -0.152. The first-order valence-corrected chi connectivity index (χ1v) is 13.9. The molecule has 0 spiro atoms. The maximum Gasteiger partial charge on any atom is 0.310 e. The van der Waals surface area contributed by atoms with Crippen molar-refractivity contribution in [2.24, 2.45) is 5.41 Å². The van der Waals surface area contributed by atoms with Gasteiger partial charge in [0.05, 0.1) is 5.41 Å². The summed E-state index contributed by atoms with van der Waals surface area (Å²) in [6.45, 7) is 2.62. The van der Waals surface area contributed by atoms with Gasteiger partial charge in [-0.1, -0.05) is 97.1 Å². The third kappa shape index (κ3) is 5.66. The van der Waals surface area contributed by atoms with Crippen molar-refractivity contribution in [1.29, 1.82) is 0 Å². The number of aliphatic carboxylic acids is 1. The van der Waals surface area contributed by atoms with Crippen molar-refractivity contribution in [3.05, 3.63) is 125 Å². The first-order valence-electron chi connectivity index (χ1n) is 13.9. The molecule has 0 atom stereocenters. The first-order chi connectivity index (χ1) is 18.6. The molecule has 4 aromatic carbocycles. The Balaban J connectivity index is 0.00000308. The van der Waals surface area contributed by atoms with E-state index in [2.05, 4.69) is 89.8 Å². The quantitative estimate of drug-likeness (QED) is 0.275. The fourth-order valence-corrected chi connectivity index (χ4v) is 6.44. The molecule has 0 bridgehead atoms. The number of rotatable bonds is 6. The Labute approximate surface area is 237 Å². The predicted molar refractivity (Wildman–Crippen MR) is 163 cm³/mol. The number of hydrogen-bond donors (Lipinski definition) is 1. The highest BCUT2D eigenvalue weighted by Crippen LogP contribution is 2.37. The number of carbonyl (C=O) groups is 1. The number of carboxylic acids is 1. The molecule has 0 saturated carbocycles. The predicted octanol–water partition coefficient (Wildman–Crippen LogP) is 7.59. The van der Waals surface area contributed by atoms with Crippen LogP contribution in [0.15, 0.2) is 97.1 Å². The molecule has 0 amide bonds. The van der Waals surface area contributed by atoms with Crippen LogP contribution in [0.3, 0.4) is 0 Å². The van der Waals surface area contributed by atoms with Gasteiger partial charge in [-0.2, -0.15) is 0 Å². The molecule has 3 nitrogen and oxygen atoms in total. The zero-order valence-corrected chi connectivity index (χ0v) is 23.1. The van der Waals surface area contributed by atoms with E-state index in [1.807, 2.05) is 12.1 Å². The smallest absolute Gasteiger partial charge is 0.310 e. The van der Waals surface area contributed by atoms with Gasteiger partial charge in [-0.3, -0.25) is 4.79 Å². The van der Waals surface area contributed by atoms with Gasteiger partial charge in [-0.25, -0.2) is 0 Å². The average Bonchev–Trinajstić information content (AvgIpc) is 3.11. The number of piperidine rings is 1. The van der Waals surface area contributed by atoms with E-state index in [1.54, 1.807) is 0 Å². The SMILES string of the molecule is Cl.O=C(O)C1(Cc2ccc3ccccc3c2)CCN(CCC=C2c3ccccc3CCc3ccccc32)CC1. The lowest BCUT2D eigenvalue weighted by Crippen LogP contribution is -2.45. The van der Waals surface area contributed by atoms with E-state index in [1.165, 1.54) is 38.6 Å². The van der Waals surface area contributed by atoms with Gasteiger partial charge >= 0.3 is 5.97 Å². The summed E-state index contributed by atoms with van der Waals surface area (Å²) in [4.78, 5) is 15.0. The fourth-order valence-electron chi connectivity index (χ4n) is 6.44. The largest absolute Gasteiger partial charge is 0.481 e. The zero-order valence-electron chi connectivity index (χ0n) is 22.3. The summed E-state index contributed by atoms with van der Waals surface area (Å²) in [5.41, 5.74) is 7.35. The number of aryl methyl sites for hydroxylation is 2. The molecule has 4 heteroatoms. The van der Waals surface area contributed by atoms with Crippen molar-refractivity contribution in [2.45, 2.75) is 38.5 Å². The van der Waals surface area contributed by atoms with E-state index >= 15 is 0 Å². The number of fused-ring (bicyclic) bond motifs is 3. The van der Waals surface area contributed by atoms with Crippen molar-refractivity contribution in [2.75, 3.05) is 19.6 Å². The molecule has 1 saturated heterocycles. The van der Waals surface area contributed by atoms with Crippen LogP contribution in [0.25, 0.3) is 16.3 Å². The van der Waals surface area contributed by atoms with Crippen molar-refractivity contribution >= 4 is 34.7 Å². The van der Waals surface area contributed by atoms with Gasteiger partial charge in [0.15, 0.2) is 0 Å². The molecule has 0 unspecified atom stereocenters. The monoisotopic (exact) mass is 537 g/mol. The molecular formula is C35H36ClNO2. The van der Waals surface area contributed by atoms with E-state index in [9.17, 15) is 9.90 Å².